The van der Waals surface area contributed by atoms with Gasteiger partial charge in [-0.25, -0.2) is 9.19 Å². The van der Waals surface area contributed by atoms with Crippen LogP contribution in [0.1, 0.15) is 31.4 Å². The van der Waals surface area contributed by atoms with Crippen molar-refractivity contribution in [3.8, 4) is 11.8 Å². The monoisotopic (exact) mass is 632 g/mol. The Labute approximate surface area is 238 Å². The van der Waals surface area contributed by atoms with E-state index in [0.717, 1.165) is 0 Å². The first-order valence-corrected chi connectivity index (χ1v) is 14.2. The molecule has 0 spiro atoms. The summed E-state index contributed by atoms with van der Waals surface area (Å²) < 4.78 is 50.2. The van der Waals surface area contributed by atoms with E-state index in [1.807, 2.05) is 11.0 Å². The van der Waals surface area contributed by atoms with Gasteiger partial charge in [0.2, 0.25) is 5.95 Å². The van der Waals surface area contributed by atoms with E-state index in [0.29, 0.717) is 53.5 Å². The zero-order valence-corrected chi connectivity index (χ0v) is 24.6. The molecule has 0 bridgehead atoms. The van der Waals surface area contributed by atoms with Crippen LogP contribution < -0.4 is 14.8 Å². The Kier molecular flexibility index (Phi) is 10.9. The van der Waals surface area contributed by atoms with E-state index in [2.05, 4.69) is 20.9 Å². The zero-order valence-electron chi connectivity index (χ0n) is 21.5. The molecule has 1 fully saturated rings. The number of morpholine rings is 1. The summed E-state index contributed by atoms with van der Waals surface area (Å²) in [6.45, 7) is 5.03. The molecule has 38 heavy (non-hydrogen) atoms. The molecule has 13 heteroatoms. The first-order valence-electron chi connectivity index (χ1n) is 11.8. The molecule has 0 aliphatic carbocycles. The molecular formula is C25H31BrClFN4O5S. The van der Waals surface area contributed by atoms with Gasteiger partial charge in [0.1, 0.15) is 18.2 Å². The van der Waals surface area contributed by atoms with Crippen molar-refractivity contribution in [1.82, 2.24) is 4.98 Å². The molecule has 2 aromatic rings. The Balaban J connectivity index is 2.38. The molecule has 9 nitrogen and oxygen atoms in total. The van der Waals surface area contributed by atoms with Crippen LogP contribution >= 0.6 is 27.5 Å². The molecule has 0 saturated carbocycles. The third-order valence-electron chi connectivity index (χ3n) is 6.33. The summed E-state index contributed by atoms with van der Waals surface area (Å²) in [5.41, 5.74) is -0.379. The van der Waals surface area contributed by atoms with E-state index in [4.69, 9.17) is 35.7 Å². The van der Waals surface area contributed by atoms with Gasteiger partial charge in [0, 0.05) is 30.2 Å². The van der Waals surface area contributed by atoms with Gasteiger partial charge in [-0.2, -0.15) is 9.65 Å². The molecule has 2 N–H and O–H groups in total. The Hall–Kier alpha value is -1.85. The smallest absolute Gasteiger partial charge is 0.233 e. The van der Waals surface area contributed by atoms with E-state index >= 15 is 4.39 Å². The van der Waals surface area contributed by atoms with Gasteiger partial charge < -0.3 is 23.8 Å². The number of nitrogens with zero attached hydrogens (tertiary/aromatic N) is 3. The lowest BCUT2D eigenvalue weighted by Crippen LogP contribution is -2.45. The van der Waals surface area contributed by atoms with Crippen LogP contribution in [0.2, 0.25) is 5.02 Å². The predicted molar refractivity (Wildman–Crippen MR) is 147 cm³/mol. The van der Waals surface area contributed by atoms with Gasteiger partial charge in [-0.1, -0.05) is 27.5 Å². The first-order chi connectivity index (χ1) is 18.1. The minimum absolute atomic E-state index is 0.0621. The fourth-order valence-corrected chi connectivity index (χ4v) is 5.55. The molecule has 2 heterocycles. The molecule has 0 amide bonds. The average molecular weight is 634 g/mol. The van der Waals surface area contributed by atoms with E-state index in [-0.39, 0.29) is 31.5 Å². The molecule has 1 aliphatic rings. The molecule has 2 atom stereocenters. The predicted octanol–water partition coefficient (Wildman–Crippen LogP) is 4.07. The van der Waals surface area contributed by atoms with E-state index in [1.165, 1.54) is 7.11 Å². The summed E-state index contributed by atoms with van der Waals surface area (Å²) in [6.07, 6.45) is 0.0973. The third-order valence-corrected chi connectivity index (χ3v) is 8.42. The molecule has 3 rings (SSSR count). The van der Waals surface area contributed by atoms with Crippen LogP contribution in [0.3, 0.4) is 0 Å². The Morgan fingerprint density at radius 1 is 1.32 bits per heavy atom. The average Bonchev–Trinajstić information content (AvgIpc) is 2.89. The maximum Gasteiger partial charge on any atom is 0.233 e. The number of ether oxygens (including phenoxy) is 4. The van der Waals surface area contributed by atoms with Crippen LogP contribution in [0.15, 0.2) is 28.7 Å². The van der Waals surface area contributed by atoms with Gasteiger partial charge in [0.15, 0.2) is 6.79 Å². The SMILES string of the molecule is COCOc1ccc(Br)cc1[C@@](COCC#N)(CC(C)(C)S(N)=O)c1cc(N2CCOCC2)nc(F)c1Cl. The Morgan fingerprint density at radius 3 is 2.66 bits per heavy atom. The summed E-state index contributed by atoms with van der Waals surface area (Å²) in [7, 11) is -0.301. The van der Waals surface area contributed by atoms with Crippen molar-refractivity contribution >= 4 is 44.3 Å². The minimum atomic E-state index is -1.79. The Morgan fingerprint density at radius 2 is 2.03 bits per heavy atom. The molecule has 1 saturated heterocycles. The van der Waals surface area contributed by atoms with Gasteiger partial charge >= 0.3 is 0 Å². The number of rotatable bonds is 12. The van der Waals surface area contributed by atoms with Gasteiger partial charge in [-0.3, -0.25) is 5.14 Å². The summed E-state index contributed by atoms with van der Waals surface area (Å²) in [5.74, 6) is -0.0809. The fraction of sp³-hybridized carbons (Fsp3) is 0.520. The molecule has 1 aromatic heterocycles. The number of halogens is 3. The number of methoxy groups -OCH3 is 1. The van der Waals surface area contributed by atoms with Crippen molar-refractivity contribution in [3.05, 3.63) is 50.8 Å². The number of benzene rings is 1. The van der Waals surface area contributed by atoms with E-state index < -0.39 is 27.1 Å². The molecular weight excluding hydrogens is 603 g/mol. The number of anilines is 1. The maximum absolute atomic E-state index is 15.5. The van der Waals surface area contributed by atoms with Crippen LogP contribution in [0.25, 0.3) is 0 Å². The maximum atomic E-state index is 15.5. The highest BCUT2D eigenvalue weighted by Gasteiger charge is 2.46. The highest BCUT2D eigenvalue weighted by Crippen LogP contribution is 2.49. The highest BCUT2D eigenvalue weighted by molar-refractivity contribution is 9.10. The van der Waals surface area contributed by atoms with Gasteiger partial charge in [-0.15, -0.1) is 0 Å². The first kappa shape index (κ1) is 30.7. The number of hydrogen-bond acceptors (Lipinski definition) is 8. The van der Waals surface area contributed by atoms with Crippen LogP contribution in [0.5, 0.6) is 5.75 Å². The topological polar surface area (TPSA) is 120 Å². The summed E-state index contributed by atoms with van der Waals surface area (Å²) in [6, 6.07) is 9.01. The lowest BCUT2D eigenvalue weighted by atomic mass is 9.69. The van der Waals surface area contributed by atoms with Crippen LogP contribution in [0, 0.1) is 17.3 Å². The lowest BCUT2D eigenvalue weighted by Gasteiger charge is -2.41. The Bertz CT molecular complexity index is 1200. The van der Waals surface area contributed by atoms with Crippen LogP contribution in [0.4, 0.5) is 10.2 Å². The standard InChI is InChI=1S/C25H31BrClFN4O5S/c1-24(2,38(30)33)14-25(15-36-9-6-29,18-12-17(26)4-5-20(18)37-16-34-3)19-13-21(31-23(28)22(19)27)32-7-10-35-11-8-32/h4-5,12-13H,7-11,14-16,30H2,1-3H3/t25-,38?/m0/s1. The molecule has 1 aliphatic heterocycles. The third kappa shape index (κ3) is 7.01. The normalized spacial score (nSPS) is 16.5. The van der Waals surface area contributed by atoms with Crippen molar-refractivity contribution in [2.75, 3.05) is 58.3 Å². The zero-order chi connectivity index (χ0) is 27.9. The van der Waals surface area contributed by atoms with Crippen molar-refractivity contribution in [2.45, 2.75) is 30.4 Å². The number of pyridine rings is 1. The van der Waals surface area contributed by atoms with Crippen molar-refractivity contribution in [2.24, 2.45) is 5.14 Å². The highest BCUT2D eigenvalue weighted by atomic mass is 79.9. The van der Waals surface area contributed by atoms with Crippen LogP contribution in [-0.2, 0) is 30.6 Å². The minimum Gasteiger partial charge on any atom is -0.467 e. The van der Waals surface area contributed by atoms with E-state index in [9.17, 15) is 9.47 Å². The summed E-state index contributed by atoms with van der Waals surface area (Å²) >= 11 is 10.2. The van der Waals surface area contributed by atoms with Crippen molar-refractivity contribution in [3.63, 3.8) is 0 Å². The molecule has 1 aromatic carbocycles. The van der Waals surface area contributed by atoms with Crippen molar-refractivity contribution in [1.29, 1.82) is 5.26 Å². The molecule has 208 valence electrons. The fourth-order valence-electron chi connectivity index (χ4n) is 4.52. The van der Waals surface area contributed by atoms with Gasteiger partial charge in [-0.05, 0) is 50.1 Å². The second kappa shape index (κ2) is 13.5. The molecule has 0 radical (unpaired) electrons. The number of aromatic nitrogens is 1. The second-order valence-corrected chi connectivity index (χ2v) is 12.4. The number of nitriles is 1. The van der Waals surface area contributed by atoms with E-state index in [1.54, 1.807) is 38.1 Å². The summed E-state index contributed by atoms with van der Waals surface area (Å²) in [5, 5.41) is 15.0. The van der Waals surface area contributed by atoms with Gasteiger partial charge in [0.25, 0.3) is 0 Å². The van der Waals surface area contributed by atoms with Gasteiger partial charge in [0.05, 0.1) is 52.1 Å². The summed E-state index contributed by atoms with van der Waals surface area (Å²) in [4.78, 5) is 6.02. The number of hydrogen-bond donors (Lipinski definition) is 1. The quantitative estimate of drug-likeness (QED) is 0.211. The molecule has 1 unspecified atom stereocenters. The second-order valence-electron chi connectivity index (χ2n) is 9.39. The van der Waals surface area contributed by atoms with Crippen molar-refractivity contribution < 1.29 is 27.5 Å². The van der Waals surface area contributed by atoms with Crippen LogP contribution in [-0.4, -0.2) is 67.4 Å². The lowest BCUT2D eigenvalue weighted by molar-refractivity contribution is 0.0478. The largest absolute Gasteiger partial charge is 0.467 e. The number of nitrogens with two attached hydrogens (primary N) is 1.